The zero-order valence-electron chi connectivity index (χ0n) is 9.25. The second kappa shape index (κ2) is 5.39. The summed E-state index contributed by atoms with van der Waals surface area (Å²) < 4.78 is 28.2. The summed E-state index contributed by atoms with van der Waals surface area (Å²) in [5.74, 6) is -0.125. The molecule has 1 aromatic rings. The fourth-order valence-corrected chi connectivity index (χ4v) is 1.58. The molecule has 1 aromatic carbocycles. The Hall–Kier alpha value is -1.56. The van der Waals surface area contributed by atoms with Gasteiger partial charge < -0.3 is 15.4 Å². The van der Waals surface area contributed by atoms with Gasteiger partial charge in [-0.2, -0.15) is 8.78 Å². The minimum atomic E-state index is -2.93. The van der Waals surface area contributed by atoms with Crippen molar-refractivity contribution < 1.29 is 18.3 Å². The van der Waals surface area contributed by atoms with Crippen molar-refractivity contribution in [3.8, 4) is 5.75 Å². The zero-order chi connectivity index (χ0) is 13.1. The number of alkyl halides is 2. The fraction of sp³-hybridized carbons (Fsp3) is 0.364. The topological polar surface area (TPSA) is 50.4 Å². The van der Waals surface area contributed by atoms with Crippen molar-refractivity contribution in [1.82, 2.24) is 5.32 Å². The molecule has 1 aliphatic rings. The van der Waals surface area contributed by atoms with Gasteiger partial charge in [0.25, 0.3) is 0 Å². The van der Waals surface area contributed by atoms with Gasteiger partial charge in [0.05, 0.1) is 5.02 Å². The van der Waals surface area contributed by atoms with E-state index in [1.54, 1.807) is 0 Å². The van der Waals surface area contributed by atoms with Crippen LogP contribution < -0.4 is 15.4 Å². The van der Waals surface area contributed by atoms with Gasteiger partial charge in [-0.05, 0) is 31.0 Å². The van der Waals surface area contributed by atoms with E-state index in [-0.39, 0.29) is 22.8 Å². The Labute approximate surface area is 107 Å². The number of nitrogens with one attached hydrogen (secondary N) is 2. The molecule has 0 saturated heterocycles. The summed E-state index contributed by atoms with van der Waals surface area (Å²) in [4.78, 5) is 11.4. The molecular weight excluding hydrogens is 266 g/mol. The molecule has 2 N–H and O–H groups in total. The van der Waals surface area contributed by atoms with Gasteiger partial charge >= 0.3 is 12.6 Å². The van der Waals surface area contributed by atoms with E-state index in [1.807, 2.05) is 0 Å². The van der Waals surface area contributed by atoms with Gasteiger partial charge in [0, 0.05) is 11.7 Å². The maximum atomic E-state index is 12.0. The average molecular weight is 277 g/mol. The molecular formula is C11H11ClF2N2O2. The van der Waals surface area contributed by atoms with Crippen LogP contribution in [0.3, 0.4) is 0 Å². The predicted molar refractivity (Wildman–Crippen MR) is 63.3 cm³/mol. The van der Waals surface area contributed by atoms with Crippen molar-refractivity contribution in [3.63, 3.8) is 0 Å². The Morgan fingerprint density at radius 1 is 1.44 bits per heavy atom. The Kier molecular flexibility index (Phi) is 3.86. The second-order valence-corrected chi connectivity index (χ2v) is 4.30. The number of benzene rings is 1. The molecule has 0 aromatic heterocycles. The van der Waals surface area contributed by atoms with Crippen LogP contribution in [-0.4, -0.2) is 18.7 Å². The van der Waals surface area contributed by atoms with Crippen LogP contribution in [0.15, 0.2) is 18.2 Å². The molecule has 0 spiro atoms. The monoisotopic (exact) mass is 276 g/mol. The van der Waals surface area contributed by atoms with Gasteiger partial charge in [-0.25, -0.2) is 4.79 Å². The van der Waals surface area contributed by atoms with Gasteiger partial charge in [-0.3, -0.25) is 0 Å². The fourth-order valence-electron chi connectivity index (χ4n) is 1.35. The second-order valence-electron chi connectivity index (χ2n) is 3.90. The summed E-state index contributed by atoms with van der Waals surface area (Å²) in [7, 11) is 0. The molecule has 0 heterocycles. The number of hydrogen-bond acceptors (Lipinski definition) is 2. The van der Waals surface area contributed by atoms with Crippen molar-refractivity contribution in [2.24, 2.45) is 0 Å². The Morgan fingerprint density at radius 3 is 2.72 bits per heavy atom. The SMILES string of the molecule is O=C(Nc1ccc(OC(F)F)c(Cl)c1)NC1CC1. The van der Waals surface area contributed by atoms with Crippen LogP contribution in [0.2, 0.25) is 5.02 Å². The molecule has 2 rings (SSSR count). The van der Waals surface area contributed by atoms with E-state index in [1.165, 1.54) is 18.2 Å². The van der Waals surface area contributed by atoms with Crippen LogP contribution in [0, 0.1) is 0 Å². The van der Waals surface area contributed by atoms with Crippen LogP contribution in [0.5, 0.6) is 5.75 Å². The number of hydrogen-bond donors (Lipinski definition) is 2. The third-order valence-electron chi connectivity index (χ3n) is 2.32. The van der Waals surface area contributed by atoms with E-state index < -0.39 is 6.61 Å². The highest BCUT2D eigenvalue weighted by Crippen LogP contribution is 2.29. The minimum Gasteiger partial charge on any atom is -0.433 e. The van der Waals surface area contributed by atoms with E-state index in [2.05, 4.69) is 15.4 Å². The lowest BCUT2D eigenvalue weighted by Crippen LogP contribution is -2.30. The number of anilines is 1. The Bertz CT molecular complexity index is 453. The van der Waals surface area contributed by atoms with Crippen molar-refractivity contribution >= 4 is 23.3 Å². The van der Waals surface area contributed by atoms with Crippen LogP contribution in [0.4, 0.5) is 19.3 Å². The lowest BCUT2D eigenvalue weighted by molar-refractivity contribution is -0.0497. The third-order valence-corrected chi connectivity index (χ3v) is 2.61. The molecule has 0 radical (unpaired) electrons. The quantitative estimate of drug-likeness (QED) is 0.887. The first-order chi connectivity index (χ1) is 8.54. The first kappa shape index (κ1) is 12.9. The molecule has 1 saturated carbocycles. The van der Waals surface area contributed by atoms with Crippen molar-refractivity contribution in [2.75, 3.05) is 5.32 Å². The maximum absolute atomic E-state index is 12.0. The molecule has 18 heavy (non-hydrogen) atoms. The number of urea groups is 1. The van der Waals surface area contributed by atoms with Crippen LogP contribution >= 0.6 is 11.6 Å². The molecule has 1 aliphatic carbocycles. The molecule has 0 unspecified atom stereocenters. The molecule has 1 fully saturated rings. The predicted octanol–water partition coefficient (Wildman–Crippen LogP) is 3.23. The van der Waals surface area contributed by atoms with E-state index in [9.17, 15) is 13.6 Å². The van der Waals surface area contributed by atoms with Crippen LogP contribution in [-0.2, 0) is 0 Å². The third kappa shape index (κ3) is 3.73. The van der Waals surface area contributed by atoms with Gasteiger partial charge in [-0.15, -0.1) is 0 Å². The van der Waals surface area contributed by atoms with Gasteiger partial charge in [-0.1, -0.05) is 11.6 Å². The Balaban J connectivity index is 1.96. The van der Waals surface area contributed by atoms with Crippen molar-refractivity contribution in [3.05, 3.63) is 23.2 Å². The molecule has 7 heteroatoms. The van der Waals surface area contributed by atoms with Crippen LogP contribution in [0.1, 0.15) is 12.8 Å². The summed E-state index contributed by atoms with van der Waals surface area (Å²) in [5, 5.41) is 5.29. The van der Waals surface area contributed by atoms with Crippen molar-refractivity contribution in [1.29, 1.82) is 0 Å². The van der Waals surface area contributed by atoms with E-state index in [0.29, 0.717) is 5.69 Å². The van der Waals surface area contributed by atoms with Crippen molar-refractivity contribution in [2.45, 2.75) is 25.5 Å². The number of rotatable bonds is 4. The lowest BCUT2D eigenvalue weighted by Gasteiger charge is -2.10. The summed E-state index contributed by atoms with van der Waals surface area (Å²) in [6.45, 7) is -2.93. The van der Waals surface area contributed by atoms with E-state index in [0.717, 1.165) is 12.8 Å². The van der Waals surface area contributed by atoms with Gasteiger partial charge in [0.2, 0.25) is 0 Å². The first-order valence-corrected chi connectivity index (χ1v) is 5.74. The van der Waals surface area contributed by atoms with Gasteiger partial charge in [0.1, 0.15) is 5.75 Å². The highest BCUT2D eigenvalue weighted by molar-refractivity contribution is 6.32. The maximum Gasteiger partial charge on any atom is 0.387 e. The molecule has 0 bridgehead atoms. The zero-order valence-corrected chi connectivity index (χ0v) is 10.0. The van der Waals surface area contributed by atoms with E-state index >= 15 is 0 Å². The molecule has 0 atom stereocenters. The van der Waals surface area contributed by atoms with E-state index in [4.69, 9.17) is 11.6 Å². The summed E-state index contributed by atoms with van der Waals surface area (Å²) in [5.41, 5.74) is 0.416. The molecule has 0 aliphatic heterocycles. The number of carbonyl (C=O) groups is 1. The number of halogens is 3. The highest BCUT2D eigenvalue weighted by Gasteiger charge is 2.23. The number of carbonyl (C=O) groups excluding carboxylic acids is 1. The normalized spacial score (nSPS) is 14.4. The average Bonchev–Trinajstić information content (AvgIpc) is 3.05. The minimum absolute atomic E-state index is 0.0134. The highest BCUT2D eigenvalue weighted by atomic mass is 35.5. The Morgan fingerprint density at radius 2 is 2.17 bits per heavy atom. The molecule has 2 amide bonds. The summed E-state index contributed by atoms with van der Waals surface area (Å²) in [6, 6.07) is 3.97. The molecule has 98 valence electrons. The first-order valence-electron chi connectivity index (χ1n) is 5.36. The number of amides is 2. The standard InChI is InChI=1S/C11H11ClF2N2O2/c12-8-5-7(3-4-9(8)18-10(13)14)16-11(17)15-6-1-2-6/h3-6,10H,1-2H2,(H2,15,16,17). The van der Waals surface area contributed by atoms with Gasteiger partial charge in [0.15, 0.2) is 0 Å². The smallest absolute Gasteiger partial charge is 0.387 e. The largest absolute Gasteiger partial charge is 0.433 e. The van der Waals surface area contributed by atoms with Crippen LogP contribution in [0.25, 0.3) is 0 Å². The number of ether oxygens (including phenoxy) is 1. The summed E-state index contributed by atoms with van der Waals surface area (Å²) in [6.07, 6.45) is 1.96. The summed E-state index contributed by atoms with van der Waals surface area (Å²) >= 11 is 5.74. The molecule has 4 nitrogen and oxygen atoms in total. The lowest BCUT2D eigenvalue weighted by atomic mass is 10.3.